The van der Waals surface area contributed by atoms with Crippen LogP contribution in [-0.4, -0.2) is 53.7 Å². The fraction of sp³-hybridized carbons (Fsp3) is 0.258. The number of hydrogen-bond donors (Lipinski definition) is 2. The summed E-state index contributed by atoms with van der Waals surface area (Å²) in [6.07, 6.45) is 22.2. The van der Waals surface area contributed by atoms with Crippen LogP contribution in [0.15, 0.2) is 90.2 Å². The molecule has 4 rings (SSSR count). The highest BCUT2D eigenvalue weighted by atomic mass is 32.2. The summed E-state index contributed by atoms with van der Waals surface area (Å²) in [4.78, 5) is 30.7. The molecule has 0 radical (unpaired) electrons. The van der Waals surface area contributed by atoms with Crippen LogP contribution in [0.3, 0.4) is 0 Å². The van der Waals surface area contributed by atoms with Crippen LogP contribution in [0.2, 0.25) is 0 Å². The van der Waals surface area contributed by atoms with Crippen molar-refractivity contribution in [2.75, 3.05) is 36.5 Å². The Morgan fingerprint density at radius 3 is 2.09 bits per heavy atom. The number of anilines is 1. The molecule has 1 aromatic heterocycles. The number of rotatable bonds is 14. The maximum Gasteiger partial charge on any atom is 0.309 e. The first-order chi connectivity index (χ1) is 20.8. The molecule has 0 amide bonds. The molecule has 226 valence electrons. The van der Waals surface area contributed by atoms with E-state index >= 15 is 0 Å². The minimum absolute atomic E-state index is 0.0615. The second kappa shape index (κ2) is 16.2. The largest absolute Gasteiger partial charge is 0.481 e. The predicted molar refractivity (Wildman–Crippen MR) is 189 cm³/mol. The molecule has 1 aliphatic heterocycles. The highest BCUT2D eigenvalue weighted by molar-refractivity contribution is 8.04. The standard InChI is InChI=1S/C31H32N2O4S6/c1-38-24-16-20-22(18-26(24)40-3)42-28(32(20)14-12-30(34)35)10-8-6-5-7-9-11-29-33(15-13-31(36)37)21-17-25(39-2)27(41-4)19-23(21)43-29/h5-11,16-19H,12-15H2,1-4H3,(H-,34,35,36,37)/p+1. The maximum absolute atomic E-state index is 11.3. The number of thiazole rings is 1. The number of carbonyl (C=O) groups is 2. The Hall–Kier alpha value is -2.22. The first-order valence-corrected chi connectivity index (χ1v) is 19.8. The Bertz CT molecular complexity index is 1630. The summed E-state index contributed by atoms with van der Waals surface area (Å²) in [5.41, 5.74) is 2.11. The second-order valence-electron chi connectivity index (χ2n) is 9.12. The fourth-order valence-corrected chi connectivity index (χ4v) is 9.81. The second-order valence-corrected chi connectivity index (χ2v) is 14.6. The van der Waals surface area contributed by atoms with E-state index in [0.717, 1.165) is 30.8 Å². The summed E-state index contributed by atoms with van der Waals surface area (Å²) in [5.74, 6) is -1.63. The molecule has 0 spiro atoms. The molecule has 6 nitrogen and oxygen atoms in total. The van der Waals surface area contributed by atoms with Gasteiger partial charge in [0.2, 0.25) is 5.52 Å². The van der Waals surface area contributed by atoms with Gasteiger partial charge in [-0.1, -0.05) is 53.5 Å². The Labute approximate surface area is 277 Å². The van der Waals surface area contributed by atoms with E-state index in [1.165, 1.54) is 19.6 Å². The minimum atomic E-state index is -0.814. The smallest absolute Gasteiger partial charge is 0.309 e. The third-order valence-corrected chi connectivity index (χ3v) is 12.1. The highest BCUT2D eigenvalue weighted by Crippen LogP contribution is 2.49. The fourth-order valence-electron chi connectivity index (χ4n) is 4.45. The molecule has 3 aromatic rings. The van der Waals surface area contributed by atoms with Crippen LogP contribution in [0.1, 0.15) is 17.8 Å². The van der Waals surface area contributed by atoms with Crippen molar-refractivity contribution >= 4 is 104 Å². The first-order valence-electron chi connectivity index (χ1n) is 13.2. The molecule has 0 atom stereocenters. The van der Waals surface area contributed by atoms with Crippen LogP contribution in [0.5, 0.6) is 0 Å². The van der Waals surface area contributed by atoms with Gasteiger partial charge in [-0.25, -0.2) is 0 Å². The number of allylic oxidation sites excluding steroid dienone is 6. The molecule has 0 saturated carbocycles. The van der Waals surface area contributed by atoms with E-state index in [9.17, 15) is 19.8 Å². The maximum atomic E-state index is 11.3. The van der Waals surface area contributed by atoms with Crippen molar-refractivity contribution < 1.29 is 24.4 Å². The molecule has 0 aliphatic carbocycles. The van der Waals surface area contributed by atoms with Crippen molar-refractivity contribution in [2.24, 2.45) is 0 Å². The lowest BCUT2D eigenvalue weighted by molar-refractivity contribution is -0.667. The van der Waals surface area contributed by atoms with E-state index in [0.29, 0.717) is 13.1 Å². The number of carboxylic acid groups (broad SMARTS) is 2. The Morgan fingerprint density at radius 1 is 0.814 bits per heavy atom. The molecule has 0 unspecified atom stereocenters. The third-order valence-electron chi connectivity index (χ3n) is 6.49. The molecule has 12 heteroatoms. The number of thioether (sulfide) groups is 5. The zero-order valence-corrected chi connectivity index (χ0v) is 29.1. The molecular weight excluding hydrogens is 657 g/mol. The van der Waals surface area contributed by atoms with Crippen LogP contribution < -0.4 is 9.47 Å². The van der Waals surface area contributed by atoms with Gasteiger partial charge in [0, 0.05) is 43.2 Å². The Kier molecular flexibility index (Phi) is 12.7. The van der Waals surface area contributed by atoms with Crippen LogP contribution in [0.4, 0.5) is 5.69 Å². The SMILES string of the molecule is CSc1cc2c(cc1SC)N(CCC(=O)O)C(=CC=CC=CC=Cc1sc3cc(SC)c(SC)cc3[n+]1CCC(=O)O)S2. The zero-order valence-electron chi connectivity index (χ0n) is 24.2. The predicted octanol–water partition coefficient (Wildman–Crippen LogP) is 8.61. The third kappa shape index (κ3) is 8.49. The summed E-state index contributed by atoms with van der Waals surface area (Å²) in [7, 11) is 0. The minimum Gasteiger partial charge on any atom is -0.481 e. The number of fused-ring (bicyclic) bond motifs is 2. The van der Waals surface area contributed by atoms with Gasteiger partial charge in [-0.05, 0) is 49.3 Å². The quantitative estimate of drug-likeness (QED) is 0.0976. The van der Waals surface area contributed by atoms with Crippen LogP contribution in [0, 0.1) is 0 Å². The van der Waals surface area contributed by atoms with Crippen molar-refractivity contribution in [2.45, 2.75) is 43.9 Å². The Balaban J connectivity index is 1.52. The average molecular weight is 690 g/mol. The van der Waals surface area contributed by atoms with Crippen molar-refractivity contribution in [1.82, 2.24) is 0 Å². The molecular formula is C31H33N2O4S6+. The lowest BCUT2D eigenvalue weighted by Gasteiger charge is -2.20. The molecule has 43 heavy (non-hydrogen) atoms. The topological polar surface area (TPSA) is 81.7 Å². The monoisotopic (exact) mass is 689 g/mol. The van der Waals surface area contributed by atoms with Gasteiger partial charge < -0.3 is 15.1 Å². The number of aliphatic carboxylic acids is 2. The number of carboxylic acids is 2. The van der Waals surface area contributed by atoms with Gasteiger partial charge in [-0.3, -0.25) is 9.59 Å². The van der Waals surface area contributed by atoms with Gasteiger partial charge in [0.05, 0.1) is 17.1 Å². The van der Waals surface area contributed by atoms with Crippen LogP contribution in [-0.2, 0) is 16.1 Å². The van der Waals surface area contributed by atoms with Gasteiger partial charge >= 0.3 is 11.9 Å². The first kappa shape index (κ1) is 33.7. The molecule has 1 aliphatic rings. The normalized spacial score (nSPS) is 14.3. The number of aryl methyl sites for hydroxylation is 1. The number of aromatic nitrogens is 1. The Morgan fingerprint density at radius 2 is 1.42 bits per heavy atom. The molecule has 2 aromatic carbocycles. The van der Waals surface area contributed by atoms with Gasteiger partial charge in [0.25, 0.3) is 5.01 Å². The lowest BCUT2D eigenvalue weighted by Crippen LogP contribution is -2.36. The molecule has 0 fully saturated rings. The molecule has 2 N–H and O–H groups in total. The van der Waals surface area contributed by atoms with E-state index < -0.39 is 11.9 Å². The van der Waals surface area contributed by atoms with Crippen molar-refractivity contribution in [3.8, 4) is 0 Å². The van der Waals surface area contributed by atoms with Gasteiger partial charge in [0.1, 0.15) is 11.1 Å². The van der Waals surface area contributed by atoms with E-state index in [1.807, 2.05) is 42.5 Å². The van der Waals surface area contributed by atoms with Gasteiger partial charge in [-0.2, -0.15) is 4.57 Å². The van der Waals surface area contributed by atoms with Gasteiger partial charge in [-0.15, -0.1) is 47.0 Å². The average Bonchev–Trinajstić information content (AvgIpc) is 3.52. The zero-order chi connectivity index (χ0) is 30.9. The number of benzene rings is 2. The van der Waals surface area contributed by atoms with E-state index in [-0.39, 0.29) is 12.8 Å². The van der Waals surface area contributed by atoms with E-state index in [1.54, 1.807) is 70.1 Å². The van der Waals surface area contributed by atoms with E-state index in [2.05, 4.69) is 58.8 Å². The van der Waals surface area contributed by atoms with Crippen molar-refractivity contribution in [3.63, 3.8) is 0 Å². The van der Waals surface area contributed by atoms with Crippen LogP contribution >= 0.6 is 70.1 Å². The number of nitrogens with zero attached hydrogens (tertiary/aromatic N) is 2. The van der Waals surface area contributed by atoms with Crippen molar-refractivity contribution in [1.29, 1.82) is 0 Å². The molecule has 0 bridgehead atoms. The summed E-state index contributed by atoms with van der Waals surface area (Å²) in [5, 5.41) is 20.6. The number of hydrogen-bond acceptors (Lipinski definition) is 9. The summed E-state index contributed by atoms with van der Waals surface area (Å²) in [6.45, 7) is 0.821. The van der Waals surface area contributed by atoms with E-state index in [4.69, 9.17) is 0 Å². The lowest BCUT2D eigenvalue weighted by atomic mass is 10.2. The molecule has 2 heterocycles. The summed E-state index contributed by atoms with van der Waals surface area (Å²) >= 11 is 10.2. The van der Waals surface area contributed by atoms with Crippen molar-refractivity contribution in [3.05, 3.63) is 70.8 Å². The van der Waals surface area contributed by atoms with Crippen LogP contribution in [0.25, 0.3) is 16.3 Å². The van der Waals surface area contributed by atoms with Gasteiger partial charge in [0.15, 0.2) is 6.54 Å². The summed E-state index contributed by atoms with van der Waals surface area (Å²) in [6, 6.07) is 8.72. The summed E-state index contributed by atoms with van der Waals surface area (Å²) < 4.78 is 3.23. The molecule has 0 saturated heterocycles. The highest BCUT2D eigenvalue weighted by Gasteiger charge is 2.27.